The zero-order valence-electron chi connectivity index (χ0n) is 10.5. The maximum Gasteiger partial charge on any atom is 0.255 e. The maximum atomic E-state index is 12.7. The molecule has 1 aliphatic rings. The number of benzene rings is 1. The minimum absolute atomic E-state index is 0.0157. The van der Waals surface area contributed by atoms with Gasteiger partial charge in [-0.25, -0.2) is 0 Å². The fraction of sp³-hybridized carbons (Fsp3) is 0.500. The predicted octanol–water partition coefficient (Wildman–Crippen LogP) is 4.73. The van der Waals surface area contributed by atoms with Crippen LogP contribution in [0.1, 0.15) is 36.0 Å². The topological polar surface area (TPSA) is 20.3 Å². The number of rotatable bonds is 2. The molecule has 1 aromatic carbocycles. The van der Waals surface area contributed by atoms with E-state index in [1.165, 1.54) is 0 Å². The van der Waals surface area contributed by atoms with E-state index in [2.05, 4.69) is 15.9 Å². The van der Waals surface area contributed by atoms with E-state index in [0.717, 1.165) is 36.7 Å². The molecule has 0 radical (unpaired) electrons. The van der Waals surface area contributed by atoms with Gasteiger partial charge < -0.3 is 4.90 Å². The highest BCUT2D eigenvalue weighted by molar-refractivity contribution is 9.10. The van der Waals surface area contributed by atoms with Crippen LogP contribution >= 0.6 is 39.1 Å². The largest absolute Gasteiger partial charge is 0.334 e. The van der Waals surface area contributed by atoms with Crippen molar-refractivity contribution >= 4 is 45.0 Å². The van der Waals surface area contributed by atoms with Crippen LogP contribution in [0, 0.1) is 0 Å². The second-order valence-electron chi connectivity index (χ2n) is 4.78. The van der Waals surface area contributed by atoms with E-state index >= 15 is 0 Å². The highest BCUT2D eigenvalue weighted by atomic mass is 79.9. The lowest BCUT2D eigenvalue weighted by Gasteiger charge is -2.29. The van der Waals surface area contributed by atoms with Gasteiger partial charge in [0.05, 0.1) is 5.56 Å². The lowest BCUT2D eigenvalue weighted by Crippen LogP contribution is -2.41. The van der Waals surface area contributed by atoms with E-state index < -0.39 is 0 Å². The summed E-state index contributed by atoms with van der Waals surface area (Å²) in [6.45, 7) is 0.773. The van der Waals surface area contributed by atoms with Gasteiger partial charge in [-0.3, -0.25) is 4.79 Å². The number of carbonyl (C=O) groups is 1. The van der Waals surface area contributed by atoms with Crippen molar-refractivity contribution in [3.63, 3.8) is 0 Å². The lowest BCUT2D eigenvalue weighted by molar-refractivity contribution is 0.0699. The number of halogens is 3. The van der Waals surface area contributed by atoms with Gasteiger partial charge in [0.1, 0.15) is 0 Å². The predicted molar refractivity (Wildman–Crippen MR) is 83.2 cm³/mol. The number of carbonyl (C=O) groups excluding carboxylic acids is 1. The van der Waals surface area contributed by atoms with Gasteiger partial charge in [-0.2, -0.15) is 0 Å². The lowest BCUT2D eigenvalue weighted by atomic mass is 10.1. The summed E-state index contributed by atoms with van der Waals surface area (Å²) in [5, 5.41) is 0.573. The molecule has 1 aromatic rings. The third-order valence-electron chi connectivity index (χ3n) is 3.47. The van der Waals surface area contributed by atoms with Crippen molar-refractivity contribution in [1.82, 2.24) is 4.90 Å². The quantitative estimate of drug-likeness (QED) is 0.695. The second kappa shape index (κ2) is 6.96. The van der Waals surface area contributed by atoms with Crippen LogP contribution in [0.15, 0.2) is 22.7 Å². The summed E-state index contributed by atoms with van der Waals surface area (Å²) in [6.07, 6.45) is 4.32. The Kier molecular flexibility index (Phi) is 5.55. The molecular weight excluding hydrogens is 349 g/mol. The Balaban J connectivity index is 2.27. The Labute approximate surface area is 132 Å². The van der Waals surface area contributed by atoms with Gasteiger partial charge in [0.2, 0.25) is 0 Å². The standard InChI is InChI=1S/C14H16BrCl2NO/c15-13-6-5-10(17)8-12(13)14(19)18-7-3-1-2-4-11(18)9-16/h5-6,8,11H,1-4,7,9H2. The van der Waals surface area contributed by atoms with Crippen LogP contribution in [0.4, 0.5) is 0 Å². The number of hydrogen-bond donors (Lipinski definition) is 0. The third kappa shape index (κ3) is 3.65. The summed E-state index contributed by atoms with van der Waals surface area (Å²) in [5.74, 6) is 0.506. The van der Waals surface area contributed by atoms with Gasteiger partial charge in [0.25, 0.3) is 5.91 Å². The van der Waals surface area contributed by atoms with Gasteiger partial charge in [-0.1, -0.05) is 24.4 Å². The van der Waals surface area contributed by atoms with Gasteiger partial charge in [-0.05, 0) is 47.0 Å². The molecule has 104 valence electrons. The Bertz CT molecular complexity index is 467. The Morgan fingerprint density at radius 1 is 1.37 bits per heavy atom. The first kappa shape index (κ1) is 15.1. The first-order valence-electron chi connectivity index (χ1n) is 6.45. The molecule has 0 aliphatic carbocycles. The molecule has 0 bridgehead atoms. The van der Waals surface area contributed by atoms with Crippen molar-refractivity contribution in [2.45, 2.75) is 31.7 Å². The molecule has 0 aromatic heterocycles. The highest BCUT2D eigenvalue weighted by Crippen LogP contribution is 2.26. The average molecular weight is 365 g/mol. The zero-order valence-corrected chi connectivity index (χ0v) is 13.6. The number of likely N-dealkylation sites (tertiary alicyclic amines) is 1. The minimum atomic E-state index is 0.0157. The van der Waals surface area contributed by atoms with Crippen LogP contribution in [0.3, 0.4) is 0 Å². The Morgan fingerprint density at radius 3 is 2.89 bits per heavy atom. The van der Waals surface area contributed by atoms with Crippen LogP contribution in [-0.4, -0.2) is 29.3 Å². The molecular formula is C14H16BrCl2NO. The average Bonchev–Trinajstić information content (AvgIpc) is 2.65. The zero-order chi connectivity index (χ0) is 13.8. The van der Waals surface area contributed by atoms with E-state index in [1.54, 1.807) is 12.1 Å². The Hall–Kier alpha value is -0.250. The molecule has 2 rings (SSSR count). The van der Waals surface area contributed by atoms with E-state index in [4.69, 9.17) is 23.2 Å². The molecule has 1 amide bonds. The summed E-state index contributed by atoms with van der Waals surface area (Å²) < 4.78 is 0.777. The molecule has 1 aliphatic heterocycles. The van der Waals surface area contributed by atoms with Crippen molar-refractivity contribution in [2.24, 2.45) is 0 Å². The van der Waals surface area contributed by atoms with Crippen LogP contribution in [0.2, 0.25) is 5.02 Å². The van der Waals surface area contributed by atoms with Gasteiger partial charge >= 0.3 is 0 Å². The van der Waals surface area contributed by atoms with E-state index in [0.29, 0.717) is 16.5 Å². The molecule has 1 saturated heterocycles. The number of nitrogens with zero attached hydrogens (tertiary/aromatic N) is 1. The fourth-order valence-electron chi connectivity index (χ4n) is 2.42. The molecule has 5 heteroatoms. The fourth-order valence-corrected chi connectivity index (χ4v) is 3.33. The maximum absolute atomic E-state index is 12.7. The molecule has 19 heavy (non-hydrogen) atoms. The van der Waals surface area contributed by atoms with Crippen LogP contribution < -0.4 is 0 Å². The number of alkyl halides is 1. The normalized spacial score (nSPS) is 20.2. The summed E-state index contributed by atoms with van der Waals surface area (Å²) >= 11 is 15.4. The van der Waals surface area contributed by atoms with Gasteiger partial charge in [-0.15, -0.1) is 11.6 Å². The van der Waals surface area contributed by atoms with Crippen LogP contribution in [0.5, 0.6) is 0 Å². The molecule has 0 saturated carbocycles. The second-order valence-corrected chi connectivity index (χ2v) is 6.38. The van der Waals surface area contributed by atoms with Gasteiger partial charge in [0, 0.05) is 28.0 Å². The Morgan fingerprint density at radius 2 is 2.16 bits per heavy atom. The van der Waals surface area contributed by atoms with Crippen LogP contribution in [-0.2, 0) is 0 Å². The van der Waals surface area contributed by atoms with Gasteiger partial charge in [0.15, 0.2) is 0 Å². The highest BCUT2D eigenvalue weighted by Gasteiger charge is 2.26. The first-order chi connectivity index (χ1) is 9.13. The number of amides is 1. The van der Waals surface area contributed by atoms with E-state index in [1.807, 2.05) is 11.0 Å². The van der Waals surface area contributed by atoms with Crippen molar-refractivity contribution < 1.29 is 4.79 Å². The van der Waals surface area contributed by atoms with Crippen molar-refractivity contribution in [2.75, 3.05) is 12.4 Å². The molecule has 1 heterocycles. The molecule has 0 N–H and O–H groups in total. The number of hydrogen-bond acceptors (Lipinski definition) is 1. The molecule has 1 atom stereocenters. The summed E-state index contributed by atoms with van der Waals surface area (Å²) in [4.78, 5) is 14.6. The van der Waals surface area contributed by atoms with Crippen molar-refractivity contribution in [3.8, 4) is 0 Å². The van der Waals surface area contributed by atoms with Crippen molar-refractivity contribution in [3.05, 3.63) is 33.3 Å². The molecule has 1 unspecified atom stereocenters. The first-order valence-corrected chi connectivity index (χ1v) is 8.16. The van der Waals surface area contributed by atoms with E-state index in [-0.39, 0.29) is 11.9 Å². The molecule has 1 fully saturated rings. The van der Waals surface area contributed by atoms with Crippen LogP contribution in [0.25, 0.3) is 0 Å². The smallest absolute Gasteiger partial charge is 0.255 e. The summed E-state index contributed by atoms with van der Waals surface area (Å²) in [5.41, 5.74) is 0.615. The third-order valence-corrected chi connectivity index (χ3v) is 4.76. The monoisotopic (exact) mass is 363 g/mol. The summed E-state index contributed by atoms with van der Waals surface area (Å²) in [7, 11) is 0. The van der Waals surface area contributed by atoms with E-state index in [9.17, 15) is 4.79 Å². The SMILES string of the molecule is O=C(c1cc(Cl)ccc1Br)N1CCCCCC1CCl. The van der Waals surface area contributed by atoms with Crippen molar-refractivity contribution in [1.29, 1.82) is 0 Å². The molecule has 0 spiro atoms. The molecule has 2 nitrogen and oxygen atoms in total. The summed E-state index contributed by atoms with van der Waals surface area (Å²) in [6, 6.07) is 5.42. The minimum Gasteiger partial charge on any atom is -0.334 e.